The van der Waals surface area contributed by atoms with Gasteiger partial charge in [-0.05, 0) is 49.6 Å². The third-order valence-electron chi connectivity index (χ3n) is 5.43. The van der Waals surface area contributed by atoms with Crippen LogP contribution in [0.25, 0.3) is 0 Å². The molecule has 1 aliphatic heterocycles. The number of ether oxygens (including phenoxy) is 1. The maximum Gasteiger partial charge on any atom is 0.338 e. The molecule has 0 aliphatic carbocycles. The first-order chi connectivity index (χ1) is 14.5. The Bertz CT molecular complexity index is 880. The van der Waals surface area contributed by atoms with Crippen molar-refractivity contribution in [2.45, 2.75) is 45.1 Å². The lowest BCUT2D eigenvalue weighted by molar-refractivity contribution is -0.129. The van der Waals surface area contributed by atoms with Crippen molar-refractivity contribution in [3.63, 3.8) is 0 Å². The summed E-state index contributed by atoms with van der Waals surface area (Å²) < 4.78 is 5.32. The van der Waals surface area contributed by atoms with E-state index in [9.17, 15) is 14.4 Å². The van der Waals surface area contributed by atoms with E-state index in [0.29, 0.717) is 25.1 Å². The minimum Gasteiger partial charge on any atom is -0.449 e. The molecule has 2 amide bonds. The molecular formula is C24H28N2O4. The lowest BCUT2D eigenvalue weighted by Gasteiger charge is -2.19. The van der Waals surface area contributed by atoms with Crippen molar-refractivity contribution in [2.24, 2.45) is 0 Å². The summed E-state index contributed by atoms with van der Waals surface area (Å²) in [6.45, 7) is 4.82. The number of hydrogen-bond acceptors (Lipinski definition) is 4. The van der Waals surface area contributed by atoms with Crippen LogP contribution >= 0.6 is 0 Å². The Morgan fingerprint density at radius 2 is 1.80 bits per heavy atom. The number of nitrogens with zero attached hydrogens (tertiary/aromatic N) is 1. The lowest BCUT2D eigenvalue weighted by Crippen LogP contribution is -2.38. The first kappa shape index (κ1) is 21.6. The Kier molecular flexibility index (Phi) is 7.22. The van der Waals surface area contributed by atoms with E-state index in [2.05, 4.69) is 12.2 Å². The standard InChI is InChI=1S/C24H28N2O4/c1-3-18(19-8-5-4-6-9-19)16-25-23(28)17(2)30-24(29)20-11-13-21(14-12-20)26-15-7-10-22(26)27/h4-6,8-9,11-14,17-18H,3,7,10,15-16H2,1-2H3,(H,25,28)/t17-,18-/m0/s1. The molecule has 1 aliphatic rings. The van der Waals surface area contributed by atoms with Gasteiger partial charge in [0.15, 0.2) is 6.10 Å². The Labute approximate surface area is 177 Å². The maximum absolute atomic E-state index is 12.4. The zero-order valence-corrected chi connectivity index (χ0v) is 17.5. The molecule has 6 heteroatoms. The molecule has 1 N–H and O–H groups in total. The van der Waals surface area contributed by atoms with Crippen molar-refractivity contribution >= 4 is 23.5 Å². The van der Waals surface area contributed by atoms with Crippen LogP contribution in [0.4, 0.5) is 5.69 Å². The Morgan fingerprint density at radius 3 is 2.40 bits per heavy atom. The zero-order chi connectivity index (χ0) is 21.5. The van der Waals surface area contributed by atoms with Gasteiger partial charge in [-0.25, -0.2) is 4.79 Å². The molecule has 2 aromatic carbocycles. The minimum absolute atomic E-state index is 0.0940. The van der Waals surface area contributed by atoms with Gasteiger partial charge in [0, 0.05) is 31.1 Å². The van der Waals surface area contributed by atoms with Crippen LogP contribution in [0.1, 0.15) is 54.9 Å². The molecule has 0 radical (unpaired) electrons. The van der Waals surface area contributed by atoms with E-state index < -0.39 is 12.1 Å². The quantitative estimate of drug-likeness (QED) is 0.676. The summed E-state index contributed by atoms with van der Waals surface area (Å²) in [6.07, 6.45) is 1.40. The summed E-state index contributed by atoms with van der Waals surface area (Å²) in [5.41, 5.74) is 2.29. The predicted octanol–water partition coefficient (Wildman–Crippen LogP) is 3.67. The average Bonchev–Trinajstić information content (AvgIpc) is 3.20. The first-order valence-corrected chi connectivity index (χ1v) is 10.4. The summed E-state index contributed by atoms with van der Waals surface area (Å²) in [6, 6.07) is 16.7. The number of esters is 1. The van der Waals surface area contributed by atoms with Gasteiger partial charge in [-0.2, -0.15) is 0 Å². The molecule has 2 atom stereocenters. The number of benzene rings is 2. The third-order valence-corrected chi connectivity index (χ3v) is 5.43. The molecule has 158 valence electrons. The average molecular weight is 408 g/mol. The van der Waals surface area contributed by atoms with Crippen molar-refractivity contribution in [1.82, 2.24) is 5.32 Å². The Balaban J connectivity index is 1.52. The van der Waals surface area contributed by atoms with Gasteiger partial charge < -0.3 is 15.0 Å². The molecule has 0 bridgehead atoms. The maximum atomic E-state index is 12.4. The van der Waals surface area contributed by atoms with Crippen LogP contribution in [0.2, 0.25) is 0 Å². The van der Waals surface area contributed by atoms with Gasteiger partial charge in [-0.3, -0.25) is 9.59 Å². The molecule has 3 rings (SSSR count). The van der Waals surface area contributed by atoms with Crippen LogP contribution in [0.5, 0.6) is 0 Å². The minimum atomic E-state index is -0.898. The van der Waals surface area contributed by atoms with Crippen molar-refractivity contribution in [1.29, 1.82) is 0 Å². The second-order valence-corrected chi connectivity index (χ2v) is 7.50. The molecule has 6 nitrogen and oxygen atoms in total. The molecule has 30 heavy (non-hydrogen) atoms. The van der Waals surface area contributed by atoms with Crippen LogP contribution in [0.15, 0.2) is 54.6 Å². The van der Waals surface area contributed by atoms with Crippen molar-refractivity contribution in [3.05, 3.63) is 65.7 Å². The molecule has 1 fully saturated rings. The lowest BCUT2D eigenvalue weighted by atomic mass is 9.96. The van der Waals surface area contributed by atoms with Gasteiger partial charge in [0.2, 0.25) is 5.91 Å². The number of carbonyl (C=O) groups is 3. The fourth-order valence-electron chi connectivity index (χ4n) is 3.57. The summed E-state index contributed by atoms with van der Waals surface area (Å²) >= 11 is 0. The normalized spacial score (nSPS) is 15.5. The summed E-state index contributed by atoms with van der Waals surface area (Å²) in [4.78, 5) is 38.3. The fraction of sp³-hybridized carbons (Fsp3) is 0.375. The number of rotatable bonds is 8. The second-order valence-electron chi connectivity index (χ2n) is 7.50. The topological polar surface area (TPSA) is 75.7 Å². The molecule has 0 saturated carbocycles. The summed E-state index contributed by atoms with van der Waals surface area (Å²) in [5.74, 6) is -0.584. The van der Waals surface area contributed by atoms with Gasteiger partial charge in [-0.1, -0.05) is 37.3 Å². The largest absolute Gasteiger partial charge is 0.449 e. The van der Waals surface area contributed by atoms with Crippen LogP contribution in [-0.4, -0.2) is 37.0 Å². The van der Waals surface area contributed by atoms with Crippen molar-refractivity contribution < 1.29 is 19.1 Å². The van der Waals surface area contributed by atoms with E-state index in [1.165, 1.54) is 5.56 Å². The first-order valence-electron chi connectivity index (χ1n) is 10.4. The molecule has 2 aromatic rings. The number of anilines is 1. The second kappa shape index (κ2) is 10.1. The fourth-order valence-corrected chi connectivity index (χ4v) is 3.57. The van der Waals surface area contributed by atoms with Gasteiger partial charge >= 0.3 is 5.97 Å². The van der Waals surface area contributed by atoms with E-state index in [0.717, 1.165) is 18.5 Å². The number of hydrogen-bond donors (Lipinski definition) is 1. The highest BCUT2D eigenvalue weighted by atomic mass is 16.5. The Morgan fingerprint density at radius 1 is 1.10 bits per heavy atom. The number of amides is 2. The van der Waals surface area contributed by atoms with Crippen molar-refractivity contribution in [2.75, 3.05) is 18.0 Å². The van der Waals surface area contributed by atoms with Crippen molar-refractivity contribution in [3.8, 4) is 0 Å². The van der Waals surface area contributed by atoms with E-state index in [-0.39, 0.29) is 17.7 Å². The van der Waals surface area contributed by atoms with E-state index in [4.69, 9.17) is 4.74 Å². The molecule has 0 unspecified atom stereocenters. The predicted molar refractivity (Wildman–Crippen MR) is 115 cm³/mol. The highest BCUT2D eigenvalue weighted by Gasteiger charge is 2.23. The third kappa shape index (κ3) is 5.26. The van der Waals surface area contributed by atoms with Gasteiger partial charge in [-0.15, -0.1) is 0 Å². The number of carbonyl (C=O) groups excluding carboxylic acids is 3. The van der Waals surface area contributed by atoms with E-state index >= 15 is 0 Å². The molecule has 1 heterocycles. The number of nitrogens with one attached hydrogen (secondary N) is 1. The molecular weight excluding hydrogens is 380 g/mol. The Hall–Kier alpha value is -3.15. The molecule has 1 saturated heterocycles. The van der Waals surface area contributed by atoms with Gasteiger partial charge in [0.1, 0.15) is 0 Å². The van der Waals surface area contributed by atoms with E-state index in [1.54, 1.807) is 36.1 Å². The van der Waals surface area contributed by atoms with Gasteiger partial charge in [0.05, 0.1) is 5.56 Å². The summed E-state index contributed by atoms with van der Waals surface area (Å²) in [7, 11) is 0. The highest BCUT2D eigenvalue weighted by molar-refractivity contribution is 5.96. The molecule has 0 spiro atoms. The van der Waals surface area contributed by atoms with Crippen LogP contribution in [0.3, 0.4) is 0 Å². The SMILES string of the molecule is CC[C@@H](CNC(=O)[C@H](C)OC(=O)c1ccc(N2CCCC2=O)cc1)c1ccccc1. The smallest absolute Gasteiger partial charge is 0.338 e. The van der Waals surface area contributed by atoms with Crippen LogP contribution in [-0.2, 0) is 14.3 Å². The van der Waals surface area contributed by atoms with Crippen LogP contribution in [0, 0.1) is 0 Å². The monoisotopic (exact) mass is 408 g/mol. The highest BCUT2D eigenvalue weighted by Crippen LogP contribution is 2.22. The van der Waals surface area contributed by atoms with Gasteiger partial charge in [0.25, 0.3) is 5.91 Å². The zero-order valence-electron chi connectivity index (χ0n) is 17.5. The van der Waals surface area contributed by atoms with E-state index in [1.807, 2.05) is 30.3 Å². The molecule has 0 aromatic heterocycles. The van der Waals surface area contributed by atoms with Crippen LogP contribution < -0.4 is 10.2 Å². The summed E-state index contributed by atoms with van der Waals surface area (Å²) in [5, 5.41) is 2.88.